The molecule has 1 heterocycles. The van der Waals surface area contributed by atoms with Crippen molar-refractivity contribution in [2.24, 2.45) is 0 Å². The molecule has 3 rings (SSSR count). The predicted molar refractivity (Wildman–Crippen MR) is 110 cm³/mol. The third-order valence-electron chi connectivity index (χ3n) is 4.39. The number of methoxy groups -OCH3 is 1. The van der Waals surface area contributed by atoms with E-state index in [1.807, 2.05) is 6.92 Å². The van der Waals surface area contributed by atoms with Gasteiger partial charge < -0.3 is 14.6 Å². The molecule has 8 heteroatoms. The monoisotopic (exact) mass is 413 g/mol. The summed E-state index contributed by atoms with van der Waals surface area (Å²) in [7, 11) is 1.30. The second-order valence-electron chi connectivity index (χ2n) is 6.47. The van der Waals surface area contributed by atoms with Crippen LogP contribution >= 0.6 is 11.6 Å². The molecule has 1 N–H and O–H groups in total. The van der Waals surface area contributed by atoms with E-state index in [1.165, 1.54) is 7.11 Å². The van der Waals surface area contributed by atoms with E-state index in [1.54, 1.807) is 47.4 Å². The number of H-pyrrole nitrogens is 1. The number of ether oxygens (including phenoxy) is 1. The number of esters is 1. The average molecular weight is 414 g/mol. The smallest absolute Gasteiger partial charge is 0.337 e. The van der Waals surface area contributed by atoms with Crippen LogP contribution in [0, 0.1) is 0 Å². The largest absolute Gasteiger partial charge is 0.465 e. The quantitative estimate of drug-likeness (QED) is 0.625. The number of hydrogen-bond acceptors (Lipinski definition) is 5. The van der Waals surface area contributed by atoms with Crippen LogP contribution in [0.2, 0.25) is 5.02 Å². The van der Waals surface area contributed by atoms with Crippen LogP contribution < -0.4 is 5.56 Å². The number of fused-ring (bicyclic) bond motifs is 1. The number of hydrogen-bond donors (Lipinski definition) is 1. The van der Waals surface area contributed by atoms with Crippen LogP contribution in [0.4, 0.5) is 0 Å². The van der Waals surface area contributed by atoms with Gasteiger partial charge in [0.1, 0.15) is 5.82 Å². The van der Waals surface area contributed by atoms with Crippen LogP contribution in [-0.2, 0) is 11.3 Å². The van der Waals surface area contributed by atoms with Gasteiger partial charge >= 0.3 is 5.97 Å². The van der Waals surface area contributed by atoms with E-state index in [-0.39, 0.29) is 18.0 Å². The highest BCUT2D eigenvalue weighted by molar-refractivity contribution is 6.31. The Labute approximate surface area is 172 Å². The van der Waals surface area contributed by atoms with Gasteiger partial charge in [-0.2, -0.15) is 0 Å². The number of nitrogens with zero attached hydrogens (tertiary/aromatic N) is 2. The molecule has 3 aromatic rings. The van der Waals surface area contributed by atoms with Crippen molar-refractivity contribution in [1.82, 2.24) is 14.9 Å². The van der Waals surface area contributed by atoms with Crippen molar-refractivity contribution in [1.29, 1.82) is 0 Å². The molecular formula is C21H20ClN3O4. The van der Waals surface area contributed by atoms with E-state index in [0.717, 1.165) is 6.42 Å². The Morgan fingerprint density at radius 3 is 2.48 bits per heavy atom. The Bertz CT molecular complexity index is 1110. The zero-order chi connectivity index (χ0) is 21.0. The van der Waals surface area contributed by atoms with Gasteiger partial charge in [-0.05, 0) is 48.9 Å². The van der Waals surface area contributed by atoms with E-state index in [2.05, 4.69) is 14.7 Å². The number of carbonyl (C=O) groups excluding carboxylic acids is 2. The molecule has 0 fully saturated rings. The van der Waals surface area contributed by atoms with Gasteiger partial charge in [-0.25, -0.2) is 9.78 Å². The SMILES string of the molecule is CCCN(Cc1nc2cc(Cl)ccc2c(=O)[nH]1)C(=O)c1ccc(C(=O)OC)cc1. The third kappa shape index (κ3) is 4.63. The number of amides is 1. The number of carbonyl (C=O) groups is 2. The summed E-state index contributed by atoms with van der Waals surface area (Å²) in [5.74, 6) is -0.319. The second-order valence-corrected chi connectivity index (χ2v) is 6.91. The normalized spacial score (nSPS) is 10.7. The lowest BCUT2D eigenvalue weighted by molar-refractivity contribution is 0.0599. The number of nitrogens with one attached hydrogen (secondary N) is 1. The summed E-state index contributed by atoms with van der Waals surface area (Å²) in [4.78, 5) is 45.6. The highest BCUT2D eigenvalue weighted by Crippen LogP contribution is 2.16. The fraction of sp³-hybridized carbons (Fsp3) is 0.238. The summed E-state index contributed by atoms with van der Waals surface area (Å²) in [6.07, 6.45) is 0.732. The molecule has 7 nitrogen and oxygen atoms in total. The van der Waals surface area contributed by atoms with Crippen LogP contribution in [-0.4, -0.2) is 40.4 Å². The molecule has 0 atom stereocenters. The number of benzene rings is 2. The molecule has 1 amide bonds. The Hall–Kier alpha value is -3.19. The van der Waals surface area contributed by atoms with Crippen LogP contribution in [0.25, 0.3) is 10.9 Å². The summed E-state index contributed by atoms with van der Waals surface area (Å²) in [6, 6.07) is 11.1. The molecule has 1 aromatic heterocycles. The summed E-state index contributed by atoms with van der Waals surface area (Å²) in [5, 5.41) is 0.915. The predicted octanol–water partition coefficient (Wildman–Crippen LogP) is 3.42. The summed E-state index contributed by atoms with van der Waals surface area (Å²) in [5.41, 5.74) is 0.983. The van der Waals surface area contributed by atoms with Gasteiger partial charge in [-0.3, -0.25) is 9.59 Å². The second kappa shape index (κ2) is 8.87. The first-order chi connectivity index (χ1) is 13.9. The van der Waals surface area contributed by atoms with Crippen molar-refractivity contribution in [2.75, 3.05) is 13.7 Å². The van der Waals surface area contributed by atoms with Crippen molar-refractivity contribution >= 4 is 34.4 Å². The first-order valence-electron chi connectivity index (χ1n) is 9.09. The zero-order valence-corrected chi connectivity index (χ0v) is 16.8. The van der Waals surface area contributed by atoms with Gasteiger partial charge in [0.2, 0.25) is 0 Å². The molecule has 0 unspecified atom stereocenters. The Kier molecular flexibility index (Phi) is 6.29. The molecule has 0 aliphatic rings. The Balaban J connectivity index is 1.88. The summed E-state index contributed by atoms with van der Waals surface area (Å²) < 4.78 is 4.67. The Morgan fingerprint density at radius 1 is 1.14 bits per heavy atom. The molecule has 0 saturated heterocycles. The number of rotatable bonds is 6. The average Bonchev–Trinajstić information content (AvgIpc) is 2.72. The summed E-state index contributed by atoms with van der Waals surface area (Å²) in [6.45, 7) is 2.58. The molecule has 0 aliphatic heterocycles. The lowest BCUT2D eigenvalue weighted by Gasteiger charge is -2.22. The van der Waals surface area contributed by atoms with E-state index in [0.29, 0.717) is 39.4 Å². The standard InChI is InChI=1S/C21H20ClN3O4/c1-3-10-25(20(27)13-4-6-14(7-5-13)21(28)29-2)12-18-23-17-11-15(22)8-9-16(17)19(26)24-18/h4-9,11H,3,10,12H2,1-2H3,(H,23,24,26). The lowest BCUT2D eigenvalue weighted by atomic mass is 10.1. The fourth-order valence-corrected chi connectivity index (χ4v) is 3.15. The minimum Gasteiger partial charge on any atom is -0.465 e. The molecule has 29 heavy (non-hydrogen) atoms. The zero-order valence-electron chi connectivity index (χ0n) is 16.1. The number of aromatic nitrogens is 2. The molecule has 0 saturated carbocycles. The van der Waals surface area contributed by atoms with Gasteiger partial charge in [0.25, 0.3) is 11.5 Å². The fourth-order valence-electron chi connectivity index (χ4n) is 2.99. The van der Waals surface area contributed by atoms with Crippen molar-refractivity contribution in [3.05, 3.63) is 74.8 Å². The van der Waals surface area contributed by atoms with Crippen molar-refractivity contribution in [3.8, 4) is 0 Å². The van der Waals surface area contributed by atoms with Crippen LogP contribution in [0.5, 0.6) is 0 Å². The lowest BCUT2D eigenvalue weighted by Crippen LogP contribution is -2.32. The van der Waals surface area contributed by atoms with Crippen LogP contribution in [0.3, 0.4) is 0 Å². The molecule has 0 aliphatic carbocycles. The maximum Gasteiger partial charge on any atom is 0.337 e. The van der Waals surface area contributed by atoms with E-state index < -0.39 is 5.97 Å². The van der Waals surface area contributed by atoms with Gasteiger partial charge in [0.05, 0.1) is 30.1 Å². The third-order valence-corrected chi connectivity index (χ3v) is 4.63. The van der Waals surface area contributed by atoms with Crippen LogP contribution in [0.15, 0.2) is 47.3 Å². The van der Waals surface area contributed by atoms with Gasteiger partial charge in [-0.1, -0.05) is 18.5 Å². The maximum atomic E-state index is 13.0. The maximum absolute atomic E-state index is 13.0. The van der Waals surface area contributed by atoms with E-state index >= 15 is 0 Å². The van der Waals surface area contributed by atoms with Gasteiger partial charge in [-0.15, -0.1) is 0 Å². The molecule has 0 radical (unpaired) electrons. The number of aromatic amines is 1. The molecular weight excluding hydrogens is 394 g/mol. The molecule has 0 spiro atoms. The molecule has 0 bridgehead atoms. The Morgan fingerprint density at radius 2 is 1.83 bits per heavy atom. The van der Waals surface area contributed by atoms with E-state index in [9.17, 15) is 14.4 Å². The van der Waals surface area contributed by atoms with Gasteiger partial charge in [0, 0.05) is 17.1 Å². The minimum atomic E-state index is -0.467. The highest BCUT2D eigenvalue weighted by atomic mass is 35.5. The van der Waals surface area contributed by atoms with E-state index in [4.69, 9.17) is 11.6 Å². The van der Waals surface area contributed by atoms with Gasteiger partial charge in [0.15, 0.2) is 0 Å². The van der Waals surface area contributed by atoms with Crippen molar-refractivity contribution in [2.45, 2.75) is 19.9 Å². The highest BCUT2D eigenvalue weighted by Gasteiger charge is 2.18. The number of halogens is 1. The van der Waals surface area contributed by atoms with Crippen molar-refractivity contribution < 1.29 is 14.3 Å². The summed E-state index contributed by atoms with van der Waals surface area (Å²) >= 11 is 6.01. The molecule has 150 valence electrons. The molecule has 2 aromatic carbocycles. The first-order valence-corrected chi connectivity index (χ1v) is 9.47. The first kappa shape index (κ1) is 20.5. The van der Waals surface area contributed by atoms with Crippen molar-refractivity contribution in [3.63, 3.8) is 0 Å². The topological polar surface area (TPSA) is 92.4 Å². The van der Waals surface area contributed by atoms with Crippen LogP contribution in [0.1, 0.15) is 39.9 Å². The minimum absolute atomic E-state index is 0.142.